The lowest BCUT2D eigenvalue weighted by Gasteiger charge is -2.35. The third-order valence-electron chi connectivity index (χ3n) is 6.20. The first kappa shape index (κ1) is 21.2. The zero-order valence-corrected chi connectivity index (χ0v) is 17.2. The van der Waals surface area contributed by atoms with Crippen LogP contribution in [0.3, 0.4) is 0 Å². The Balaban J connectivity index is 1.85. The van der Waals surface area contributed by atoms with Crippen LogP contribution in [-0.2, 0) is 28.6 Å². The molecule has 0 heterocycles. The fourth-order valence-electron chi connectivity index (χ4n) is 4.61. The second kappa shape index (κ2) is 8.07. The molecule has 3 aliphatic carbocycles. The number of esters is 1. The molecular formula is C22H32O6. The van der Waals surface area contributed by atoms with Crippen LogP contribution in [0.25, 0.3) is 0 Å². The van der Waals surface area contributed by atoms with E-state index in [1.807, 2.05) is 20.8 Å². The topological polar surface area (TPSA) is 78.9 Å². The number of ether oxygens (including phenoxy) is 3. The standard InChI is InChI=1S/C22H32O6/c1-5-15(23)27-16-17(19(25)22(18(16)24)12-8-9-13-22)28-20(21(2,3)4)26-14-10-6-7-11-14/h5,14,16-17,20H,1,6-13H2,2-4H3. The van der Waals surface area contributed by atoms with E-state index in [0.29, 0.717) is 12.8 Å². The van der Waals surface area contributed by atoms with Crippen LogP contribution < -0.4 is 0 Å². The summed E-state index contributed by atoms with van der Waals surface area (Å²) >= 11 is 0. The van der Waals surface area contributed by atoms with E-state index in [4.69, 9.17) is 14.2 Å². The number of rotatable bonds is 6. The van der Waals surface area contributed by atoms with E-state index in [-0.39, 0.29) is 17.7 Å². The van der Waals surface area contributed by atoms with Crippen LogP contribution in [-0.4, -0.2) is 42.1 Å². The van der Waals surface area contributed by atoms with Crippen molar-refractivity contribution in [3.8, 4) is 0 Å². The van der Waals surface area contributed by atoms with Gasteiger partial charge in [0.2, 0.25) is 0 Å². The summed E-state index contributed by atoms with van der Waals surface area (Å²) in [6, 6.07) is 0. The summed E-state index contributed by atoms with van der Waals surface area (Å²) in [4.78, 5) is 38.3. The van der Waals surface area contributed by atoms with E-state index in [9.17, 15) is 14.4 Å². The Morgan fingerprint density at radius 2 is 1.61 bits per heavy atom. The Labute approximate surface area is 167 Å². The second-order valence-electron chi connectivity index (χ2n) is 9.38. The van der Waals surface area contributed by atoms with Crippen LogP contribution in [0.5, 0.6) is 0 Å². The van der Waals surface area contributed by atoms with Crippen molar-refractivity contribution in [2.24, 2.45) is 10.8 Å². The summed E-state index contributed by atoms with van der Waals surface area (Å²) in [5.41, 5.74) is -1.48. The minimum absolute atomic E-state index is 0.0889. The van der Waals surface area contributed by atoms with Crippen molar-refractivity contribution in [2.75, 3.05) is 0 Å². The molecule has 6 heteroatoms. The average Bonchev–Trinajstić information content (AvgIpc) is 3.36. The molecule has 0 radical (unpaired) electrons. The van der Waals surface area contributed by atoms with Gasteiger partial charge in [-0.15, -0.1) is 0 Å². The first-order valence-corrected chi connectivity index (χ1v) is 10.4. The van der Waals surface area contributed by atoms with Gasteiger partial charge in [0.15, 0.2) is 30.1 Å². The molecular weight excluding hydrogens is 360 g/mol. The lowest BCUT2D eigenvalue weighted by Crippen LogP contribution is -2.44. The molecule has 0 bridgehead atoms. The molecule has 6 nitrogen and oxygen atoms in total. The van der Waals surface area contributed by atoms with Crippen LogP contribution in [0.2, 0.25) is 0 Å². The minimum atomic E-state index is -1.23. The molecule has 3 atom stereocenters. The van der Waals surface area contributed by atoms with Crippen molar-refractivity contribution in [2.45, 2.75) is 96.7 Å². The summed E-state index contributed by atoms with van der Waals surface area (Å²) in [5, 5.41) is 0. The summed E-state index contributed by atoms with van der Waals surface area (Å²) < 4.78 is 17.7. The van der Waals surface area contributed by atoms with Crippen molar-refractivity contribution >= 4 is 17.5 Å². The maximum Gasteiger partial charge on any atom is 0.330 e. The summed E-state index contributed by atoms with van der Waals surface area (Å²) in [6.45, 7) is 9.32. The zero-order valence-electron chi connectivity index (χ0n) is 17.2. The highest BCUT2D eigenvalue weighted by molar-refractivity contribution is 6.18. The Bertz CT molecular complexity index is 634. The van der Waals surface area contributed by atoms with E-state index in [0.717, 1.165) is 44.6 Å². The van der Waals surface area contributed by atoms with Gasteiger partial charge in [0.1, 0.15) is 0 Å². The molecule has 3 unspecified atom stereocenters. The fraction of sp³-hybridized carbons (Fsp3) is 0.773. The van der Waals surface area contributed by atoms with Crippen molar-refractivity contribution < 1.29 is 28.6 Å². The summed E-state index contributed by atoms with van der Waals surface area (Å²) in [5.74, 6) is -1.32. The van der Waals surface area contributed by atoms with Gasteiger partial charge in [-0.25, -0.2) is 4.79 Å². The van der Waals surface area contributed by atoms with E-state index >= 15 is 0 Å². The fourth-order valence-corrected chi connectivity index (χ4v) is 4.61. The van der Waals surface area contributed by atoms with Crippen molar-refractivity contribution in [3.63, 3.8) is 0 Å². The molecule has 0 amide bonds. The maximum atomic E-state index is 13.3. The van der Waals surface area contributed by atoms with E-state index in [2.05, 4.69) is 6.58 Å². The van der Waals surface area contributed by atoms with Gasteiger partial charge in [0, 0.05) is 11.5 Å². The molecule has 0 aromatic rings. The van der Waals surface area contributed by atoms with Crippen LogP contribution in [0.15, 0.2) is 12.7 Å². The molecule has 3 fully saturated rings. The maximum absolute atomic E-state index is 13.3. The van der Waals surface area contributed by atoms with Gasteiger partial charge in [-0.2, -0.15) is 0 Å². The minimum Gasteiger partial charge on any atom is -0.448 e. The van der Waals surface area contributed by atoms with Gasteiger partial charge in [-0.05, 0) is 25.7 Å². The number of carbonyl (C=O) groups excluding carboxylic acids is 3. The molecule has 1 spiro atoms. The molecule has 0 N–H and O–H groups in total. The number of ketones is 2. The molecule has 3 rings (SSSR count). The number of Topliss-reactive ketones (excluding diaryl/α,β-unsaturated/α-hetero) is 2. The van der Waals surface area contributed by atoms with Crippen molar-refractivity contribution in [3.05, 3.63) is 12.7 Å². The summed E-state index contributed by atoms with van der Waals surface area (Å²) in [6.07, 6.45) is 4.85. The lowest BCUT2D eigenvalue weighted by atomic mass is 9.82. The summed E-state index contributed by atoms with van der Waals surface area (Å²) in [7, 11) is 0. The molecule has 28 heavy (non-hydrogen) atoms. The molecule has 0 aromatic heterocycles. The largest absolute Gasteiger partial charge is 0.448 e. The van der Waals surface area contributed by atoms with Crippen LogP contribution in [0, 0.1) is 10.8 Å². The van der Waals surface area contributed by atoms with Crippen molar-refractivity contribution in [1.29, 1.82) is 0 Å². The quantitative estimate of drug-likeness (QED) is 0.298. The lowest BCUT2D eigenvalue weighted by molar-refractivity contribution is -0.243. The van der Waals surface area contributed by atoms with E-state index in [1.165, 1.54) is 0 Å². The molecule has 3 saturated carbocycles. The highest BCUT2D eigenvalue weighted by Gasteiger charge is 2.63. The Morgan fingerprint density at radius 1 is 1.04 bits per heavy atom. The number of carbonyl (C=O) groups is 3. The molecule has 0 aliphatic heterocycles. The highest BCUT2D eigenvalue weighted by atomic mass is 16.7. The molecule has 0 saturated heterocycles. The number of hydrogen-bond donors (Lipinski definition) is 0. The van der Waals surface area contributed by atoms with Gasteiger partial charge in [0.25, 0.3) is 0 Å². The van der Waals surface area contributed by atoms with Crippen LogP contribution in [0.4, 0.5) is 0 Å². The predicted molar refractivity (Wildman–Crippen MR) is 102 cm³/mol. The van der Waals surface area contributed by atoms with Crippen LogP contribution in [0.1, 0.15) is 72.1 Å². The monoisotopic (exact) mass is 392 g/mol. The molecule has 0 aromatic carbocycles. The Kier molecular flexibility index (Phi) is 6.11. The van der Waals surface area contributed by atoms with Gasteiger partial charge < -0.3 is 14.2 Å². The highest BCUT2D eigenvalue weighted by Crippen LogP contribution is 2.48. The average molecular weight is 392 g/mol. The van der Waals surface area contributed by atoms with E-state index < -0.39 is 35.3 Å². The molecule has 156 valence electrons. The molecule has 3 aliphatic rings. The zero-order chi connectivity index (χ0) is 20.5. The van der Waals surface area contributed by atoms with Gasteiger partial charge >= 0.3 is 5.97 Å². The SMILES string of the molecule is C=CC(=O)OC1C(=O)C2(CCCC2)C(=O)C1OC(OC1CCCC1)C(C)(C)C. The number of hydrogen-bond acceptors (Lipinski definition) is 6. The van der Waals surface area contributed by atoms with E-state index in [1.54, 1.807) is 0 Å². The van der Waals surface area contributed by atoms with Gasteiger partial charge in [0.05, 0.1) is 11.5 Å². The third-order valence-corrected chi connectivity index (χ3v) is 6.20. The smallest absolute Gasteiger partial charge is 0.330 e. The normalized spacial score (nSPS) is 28.8. The Morgan fingerprint density at radius 3 is 2.14 bits per heavy atom. The first-order chi connectivity index (χ1) is 13.2. The third kappa shape index (κ3) is 3.94. The van der Waals surface area contributed by atoms with Crippen LogP contribution >= 0.6 is 0 Å². The first-order valence-electron chi connectivity index (χ1n) is 10.4. The van der Waals surface area contributed by atoms with Gasteiger partial charge in [-0.3, -0.25) is 9.59 Å². The Hall–Kier alpha value is -1.53. The second-order valence-corrected chi connectivity index (χ2v) is 9.38. The predicted octanol–water partition coefficient (Wildman–Crippen LogP) is 3.51. The van der Waals surface area contributed by atoms with Crippen molar-refractivity contribution in [1.82, 2.24) is 0 Å². The van der Waals surface area contributed by atoms with Gasteiger partial charge in [-0.1, -0.05) is 53.0 Å².